The third-order valence-corrected chi connectivity index (χ3v) is 4.20. The maximum Gasteiger partial charge on any atom is 0.226 e. The maximum absolute atomic E-state index is 5.67. The van der Waals surface area contributed by atoms with E-state index in [9.17, 15) is 0 Å². The molecular formula is C14H18N4S. The van der Waals surface area contributed by atoms with Crippen LogP contribution in [0.5, 0.6) is 0 Å². The van der Waals surface area contributed by atoms with Crippen molar-refractivity contribution in [2.45, 2.75) is 38.9 Å². The van der Waals surface area contributed by atoms with E-state index in [2.05, 4.69) is 31.7 Å². The first kappa shape index (κ1) is 12.6. The van der Waals surface area contributed by atoms with Gasteiger partial charge in [-0.1, -0.05) is 0 Å². The van der Waals surface area contributed by atoms with Gasteiger partial charge in [-0.3, -0.25) is 0 Å². The van der Waals surface area contributed by atoms with Crippen molar-refractivity contribution in [2.75, 3.05) is 4.90 Å². The van der Waals surface area contributed by atoms with Gasteiger partial charge in [0.2, 0.25) is 5.95 Å². The zero-order chi connectivity index (χ0) is 13.2. The van der Waals surface area contributed by atoms with E-state index in [1.54, 1.807) is 11.3 Å². The normalized spacial score (nSPS) is 14.6. The van der Waals surface area contributed by atoms with Crippen LogP contribution in [-0.4, -0.2) is 16.0 Å². The molecule has 2 aromatic heterocycles. The third kappa shape index (κ3) is 2.77. The highest BCUT2D eigenvalue weighted by Gasteiger charge is 2.31. The lowest BCUT2D eigenvalue weighted by molar-refractivity contribution is 0.752. The number of hydrogen-bond acceptors (Lipinski definition) is 5. The van der Waals surface area contributed by atoms with E-state index in [1.807, 2.05) is 13.1 Å². The number of nitrogens with zero attached hydrogens (tertiary/aromatic N) is 3. The fourth-order valence-electron chi connectivity index (χ4n) is 2.15. The predicted molar refractivity (Wildman–Crippen MR) is 78.2 cm³/mol. The zero-order valence-corrected chi connectivity index (χ0v) is 11.9. The highest BCUT2D eigenvalue weighted by atomic mass is 32.1. The summed E-state index contributed by atoms with van der Waals surface area (Å²) in [5, 5.41) is 4.31. The number of nitrogens with two attached hydrogens (primary N) is 1. The number of rotatable bonds is 5. The van der Waals surface area contributed by atoms with Crippen molar-refractivity contribution >= 4 is 17.3 Å². The van der Waals surface area contributed by atoms with E-state index in [-0.39, 0.29) is 0 Å². The second-order valence-corrected chi connectivity index (χ2v) is 5.76. The van der Waals surface area contributed by atoms with E-state index in [4.69, 9.17) is 5.73 Å². The van der Waals surface area contributed by atoms with Crippen LogP contribution in [-0.2, 0) is 13.1 Å². The average molecular weight is 274 g/mol. The molecule has 0 unspecified atom stereocenters. The fourth-order valence-corrected chi connectivity index (χ4v) is 2.81. The Morgan fingerprint density at radius 3 is 2.89 bits per heavy atom. The number of thiophene rings is 1. The predicted octanol–water partition coefficient (Wildman–Crippen LogP) is 2.47. The van der Waals surface area contributed by atoms with Crippen molar-refractivity contribution < 1.29 is 0 Å². The van der Waals surface area contributed by atoms with Crippen molar-refractivity contribution in [2.24, 2.45) is 5.73 Å². The van der Waals surface area contributed by atoms with Gasteiger partial charge < -0.3 is 10.6 Å². The van der Waals surface area contributed by atoms with Crippen LogP contribution < -0.4 is 10.6 Å². The number of hydrogen-bond donors (Lipinski definition) is 1. The monoisotopic (exact) mass is 274 g/mol. The van der Waals surface area contributed by atoms with Crippen LogP contribution in [0.4, 0.5) is 5.95 Å². The molecule has 0 aromatic carbocycles. The molecule has 1 aliphatic rings. The Kier molecular flexibility index (Phi) is 3.48. The van der Waals surface area contributed by atoms with E-state index in [1.165, 1.54) is 18.4 Å². The third-order valence-electron chi connectivity index (χ3n) is 3.47. The Morgan fingerprint density at radius 2 is 2.32 bits per heavy atom. The first-order valence-electron chi connectivity index (χ1n) is 6.58. The molecule has 1 aliphatic carbocycles. The van der Waals surface area contributed by atoms with Crippen molar-refractivity contribution in [1.82, 2.24) is 9.97 Å². The minimum Gasteiger partial charge on any atom is -0.333 e. The molecule has 19 heavy (non-hydrogen) atoms. The lowest BCUT2D eigenvalue weighted by atomic mass is 10.2. The van der Waals surface area contributed by atoms with E-state index < -0.39 is 0 Å². The second kappa shape index (κ2) is 5.27. The van der Waals surface area contributed by atoms with Gasteiger partial charge in [-0.25, -0.2) is 9.97 Å². The second-order valence-electron chi connectivity index (χ2n) is 4.98. The van der Waals surface area contributed by atoms with E-state index >= 15 is 0 Å². The molecule has 5 heteroatoms. The number of aryl methyl sites for hydroxylation is 1. The molecule has 1 fully saturated rings. The van der Waals surface area contributed by atoms with Crippen LogP contribution in [0.1, 0.15) is 29.7 Å². The molecule has 0 aliphatic heterocycles. The molecule has 0 amide bonds. The van der Waals surface area contributed by atoms with Crippen molar-refractivity contribution in [3.8, 4) is 0 Å². The van der Waals surface area contributed by atoms with Gasteiger partial charge in [0.25, 0.3) is 0 Å². The molecular weight excluding hydrogens is 256 g/mol. The van der Waals surface area contributed by atoms with Crippen LogP contribution in [0.25, 0.3) is 0 Å². The Labute approximate surface area is 117 Å². The van der Waals surface area contributed by atoms with Gasteiger partial charge in [0, 0.05) is 36.6 Å². The molecule has 0 radical (unpaired) electrons. The number of anilines is 1. The lowest BCUT2D eigenvalue weighted by Crippen LogP contribution is -2.27. The molecule has 3 rings (SSSR count). The molecule has 2 heterocycles. The molecule has 0 atom stereocenters. The van der Waals surface area contributed by atoms with Gasteiger partial charge in [0.15, 0.2) is 0 Å². The Balaban J connectivity index is 1.85. The topological polar surface area (TPSA) is 55.0 Å². The smallest absolute Gasteiger partial charge is 0.226 e. The summed E-state index contributed by atoms with van der Waals surface area (Å²) in [5.74, 6) is 0.836. The summed E-state index contributed by atoms with van der Waals surface area (Å²) >= 11 is 1.73. The fraction of sp³-hybridized carbons (Fsp3) is 0.429. The first-order valence-corrected chi connectivity index (χ1v) is 7.52. The van der Waals surface area contributed by atoms with E-state index in [0.717, 1.165) is 23.8 Å². The van der Waals surface area contributed by atoms with Crippen LogP contribution >= 0.6 is 11.3 Å². The molecule has 100 valence electrons. The highest BCUT2D eigenvalue weighted by Crippen LogP contribution is 2.31. The standard InChI is InChI=1S/C14H18N4S/c1-10-12(6-15)7-16-14(17-10)18(13-2-3-13)8-11-4-5-19-9-11/h4-5,7,9,13H,2-3,6,8,15H2,1H3. The van der Waals surface area contributed by atoms with Crippen molar-refractivity contribution in [3.63, 3.8) is 0 Å². The molecule has 2 aromatic rings. The summed E-state index contributed by atoms with van der Waals surface area (Å²) in [6.07, 6.45) is 4.34. The largest absolute Gasteiger partial charge is 0.333 e. The van der Waals surface area contributed by atoms with Gasteiger partial charge in [-0.15, -0.1) is 0 Å². The van der Waals surface area contributed by atoms with Gasteiger partial charge in [0.1, 0.15) is 0 Å². The van der Waals surface area contributed by atoms with Gasteiger partial charge >= 0.3 is 0 Å². The summed E-state index contributed by atoms with van der Waals surface area (Å²) in [6.45, 7) is 3.40. The van der Waals surface area contributed by atoms with Gasteiger partial charge in [-0.2, -0.15) is 11.3 Å². The molecule has 2 N–H and O–H groups in total. The van der Waals surface area contributed by atoms with Gasteiger partial charge in [-0.05, 0) is 42.2 Å². The summed E-state index contributed by atoms with van der Waals surface area (Å²) in [4.78, 5) is 11.4. The van der Waals surface area contributed by atoms with Crippen LogP contribution in [0.15, 0.2) is 23.0 Å². The summed E-state index contributed by atoms with van der Waals surface area (Å²) in [6, 6.07) is 2.77. The molecule has 4 nitrogen and oxygen atoms in total. The minimum absolute atomic E-state index is 0.500. The van der Waals surface area contributed by atoms with Crippen LogP contribution in [0.2, 0.25) is 0 Å². The quantitative estimate of drug-likeness (QED) is 0.910. The Morgan fingerprint density at radius 1 is 1.47 bits per heavy atom. The molecule has 1 saturated carbocycles. The molecule has 0 saturated heterocycles. The van der Waals surface area contributed by atoms with Crippen molar-refractivity contribution in [1.29, 1.82) is 0 Å². The summed E-state index contributed by atoms with van der Waals surface area (Å²) < 4.78 is 0. The number of aromatic nitrogens is 2. The average Bonchev–Trinajstić information content (AvgIpc) is 3.13. The SMILES string of the molecule is Cc1nc(N(Cc2ccsc2)C2CC2)ncc1CN. The van der Waals surface area contributed by atoms with Crippen LogP contribution in [0.3, 0.4) is 0 Å². The van der Waals surface area contributed by atoms with E-state index in [0.29, 0.717) is 12.6 Å². The molecule has 0 spiro atoms. The van der Waals surface area contributed by atoms with Crippen molar-refractivity contribution in [3.05, 3.63) is 39.8 Å². The first-order chi connectivity index (χ1) is 9.28. The Bertz CT molecular complexity index is 549. The summed E-state index contributed by atoms with van der Waals surface area (Å²) in [7, 11) is 0. The zero-order valence-electron chi connectivity index (χ0n) is 11.0. The molecule has 0 bridgehead atoms. The summed E-state index contributed by atoms with van der Waals surface area (Å²) in [5.41, 5.74) is 9.01. The van der Waals surface area contributed by atoms with Crippen LogP contribution in [0, 0.1) is 6.92 Å². The Hall–Kier alpha value is -1.46. The lowest BCUT2D eigenvalue weighted by Gasteiger charge is -2.22. The maximum atomic E-state index is 5.67. The highest BCUT2D eigenvalue weighted by molar-refractivity contribution is 7.07. The minimum atomic E-state index is 0.500. The van der Waals surface area contributed by atoms with Gasteiger partial charge in [0.05, 0.1) is 0 Å².